The van der Waals surface area contributed by atoms with Gasteiger partial charge in [-0.05, 0) is 32.4 Å². The molecule has 1 saturated heterocycles. The number of amides is 1. The molecule has 0 radical (unpaired) electrons. The van der Waals surface area contributed by atoms with Gasteiger partial charge in [0.2, 0.25) is 5.91 Å². The maximum absolute atomic E-state index is 11.9. The maximum Gasteiger partial charge on any atom is 0.240 e. The molecule has 16 heavy (non-hydrogen) atoms. The Bertz CT molecular complexity index is 379. The Morgan fingerprint density at radius 2 is 2.56 bits per heavy atom. The highest BCUT2D eigenvalue weighted by Gasteiger charge is 2.35. The van der Waals surface area contributed by atoms with E-state index in [1.165, 1.54) is 0 Å². The zero-order valence-electron chi connectivity index (χ0n) is 9.79. The lowest BCUT2D eigenvalue weighted by Crippen LogP contribution is -2.50. The second-order valence-electron chi connectivity index (χ2n) is 4.53. The Morgan fingerprint density at radius 1 is 1.75 bits per heavy atom. The molecule has 0 aliphatic carbocycles. The minimum absolute atomic E-state index is 0.0654. The van der Waals surface area contributed by atoms with E-state index in [2.05, 4.69) is 15.7 Å². The van der Waals surface area contributed by atoms with E-state index in [1.807, 2.05) is 26.2 Å². The lowest BCUT2D eigenvalue weighted by atomic mass is 9.99. The fraction of sp³-hybridized carbons (Fsp3) is 0.636. The summed E-state index contributed by atoms with van der Waals surface area (Å²) in [6.45, 7) is 3.37. The van der Waals surface area contributed by atoms with Crippen LogP contribution in [0.3, 0.4) is 0 Å². The molecular formula is C11H18N4O. The number of carbonyl (C=O) groups is 1. The molecule has 0 aromatic carbocycles. The highest BCUT2D eigenvalue weighted by Crippen LogP contribution is 2.18. The van der Waals surface area contributed by atoms with E-state index in [-0.39, 0.29) is 5.91 Å². The van der Waals surface area contributed by atoms with Crippen molar-refractivity contribution in [3.63, 3.8) is 0 Å². The summed E-state index contributed by atoms with van der Waals surface area (Å²) in [7, 11) is 1.87. The third-order valence-electron chi connectivity index (χ3n) is 3.07. The fourth-order valence-corrected chi connectivity index (χ4v) is 2.01. The average Bonchev–Trinajstić information content (AvgIpc) is 2.85. The standard InChI is InChI=1S/C11H18N4O/c1-11(5-3-6-13-11)10(16)12-8-9-4-7-15(2)14-9/h4,7,13H,3,5-6,8H2,1-2H3,(H,12,16). The molecule has 2 heterocycles. The molecule has 1 aromatic rings. The summed E-state index contributed by atoms with van der Waals surface area (Å²) in [6.07, 6.45) is 3.84. The van der Waals surface area contributed by atoms with Crippen molar-refractivity contribution in [3.8, 4) is 0 Å². The molecule has 2 N–H and O–H groups in total. The predicted octanol–water partition coefficient (Wildman–Crippen LogP) is 0.178. The largest absolute Gasteiger partial charge is 0.349 e. The Hall–Kier alpha value is -1.36. The van der Waals surface area contributed by atoms with Crippen molar-refractivity contribution >= 4 is 5.91 Å². The molecular weight excluding hydrogens is 204 g/mol. The molecule has 1 aliphatic heterocycles. The van der Waals surface area contributed by atoms with E-state index in [1.54, 1.807) is 4.68 Å². The molecule has 0 bridgehead atoms. The number of nitrogens with zero attached hydrogens (tertiary/aromatic N) is 2. The van der Waals surface area contributed by atoms with Crippen LogP contribution in [0.15, 0.2) is 12.3 Å². The van der Waals surface area contributed by atoms with Crippen LogP contribution < -0.4 is 10.6 Å². The number of hydrogen-bond donors (Lipinski definition) is 2. The molecule has 1 aromatic heterocycles. The Kier molecular flexibility index (Phi) is 2.96. The van der Waals surface area contributed by atoms with Gasteiger partial charge in [0.15, 0.2) is 0 Å². The van der Waals surface area contributed by atoms with Crippen LogP contribution in [0.25, 0.3) is 0 Å². The molecule has 1 atom stereocenters. The molecule has 1 amide bonds. The second-order valence-corrected chi connectivity index (χ2v) is 4.53. The van der Waals surface area contributed by atoms with Gasteiger partial charge in [0.25, 0.3) is 0 Å². The topological polar surface area (TPSA) is 59.0 Å². The number of carbonyl (C=O) groups excluding carboxylic acids is 1. The SMILES string of the molecule is Cn1ccc(CNC(=O)C2(C)CCCN2)n1. The zero-order valence-corrected chi connectivity index (χ0v) is 9.79. The average molecular weight is 222 g/mol. The molecule has 1 aliphatic rings. The molecule has 5 nitrogen and oxygen atoms in total. The summed E-state index contributed by atoms with van der Waals surface area (Å²) in [5, 5.41) is 10.4. The van der Waals surface area contributed by atoms with Crippen molar-refractivity contribution in [2.75, 3.05) is 6.54 Å². The molecule has 88 valence electrons. The molecule has 1 fully saturated rings. The van der Waals surface area contributed by atoms with Gasteiger partial charge in [-0.1, -0.05) is 0 Å². The van der Waals surface area contributed by atoms with Crippen LogP contribution in [-0.2, 0) is 18.4 Å². The van der Waals surface area contributed by atoms with Crippen LogP contribution in [0.4, 0.5) is 0 Å². The minimum atomic E-state index is -0.394. The monoisotopic (exact) mass is 222 g/mol. The summed E-state index contributed by atoms with van der Waals surface area (Å²) in [6, 6.07) is 1.91. The van der Waals surface area contributed by atoms with E-state index in [9.17, 15) is 4.79 Å². The predicted molar refractivity (Wildman–Crippen MR) is 60.7 cm³/mol. The third kappa shape index (κ3) is 2.24. The lowest BCUT2D eigenvalue weighted by Gasteiger charge is -2.22. The first-order valence-electron chi connectivity index (χ1n) is 5.62. The van der Waals surface area contributed by atoms with Gasteiger partial charge >= 0.3 is 0 Å². The first kappa shape index (κ1) is 11.1. The summed E-state index contributed by atoms with van der Waals surface area (Å²) < 4.78 is 1.73. The van der Waals surface area contributed by atoms with Gasteiger partial charge in [-0.2, -0.15) is 5.10 Å². The fourth-order valence-electron chi connectivity index (χ4n) is 2.01. The number of aryl methyl sites for hydroxylation is 1. The minimum Gasteiger partial charge on any atom is -0.349 e. The van der Waals surface area contributed by atoms with E-state index in [4.69, 9.17) is 0 Å². The second kappa shape index (κ2) is 4.25. The first-order valence-corrected chi connectivity index (χ1v) is 5.62. The Morgan fingerprint density at radius 3 is 3.12 bits per heavy atom. The van der Waals surface area contributed by atoms with Crippen molar-refractivity contribution < 1.29 is 4.79 Å². The van der Waals surface area contributed by atoms with Crippen LogP contribution in [0.2, 0.25) is 0 Å². The number of nitrogens with one attached hydrogen (secondary N) is 2. The summed E-state index contributed by atoms with van der Waals surface area (Å²) in [5.74, 6) is 0.0654. The molecule has 0 spiro atoms. The van der Waals surface area contributed by atoms with Gasteiger partial charge in [0.1, 0.15) is 0 Å². The van der Waals surface area contributed by atoms with Crippen LogP contribution >= 0.6 is 0 Å². The zero-order chi connectivity index (χ0) is 11.6. The molecule has 5 heteroatoms. The molecule has 1 unspecified atom stereocenters. The lowest BCUT2D eigenvalue weighted by molar-refractivity contribution is -0.126. The van der Waals surface area contributed by atoms with Crippen molar-refractivity contribution in [1.82, 2.24) is 20.4 Å². The third-order valence-corrected chi connectivity index (χ3v) is 3.07. The summed E-state index contributed by atoms with van der Waals surface area (Å²) in [5.41, 5.74) is 0.492. The summed E-state index contributed by atoms with van der Waals surface area (Å²) in [4.78, 5) is 11.9. The Labute approximate surface area is 95.2 Å². The highest BCUT2D eigenvalue weighted by atomic mass is 16.2. The number of rotatable bonds is 3. The van der Waals surface area contributed by atoms with Gasteiger partial charge in [-0.15, -0.1) is 0 Å². The van der Waals surface area contributed by atoms with Gasteiger partial charge < -0.3 is 10.6 Å². The number of hydrogen-bond acceptors (Lipinski definition) is 3. The van der Waals surface area contributed by atoms with Crippen LogP contribution in [-0.4, -0.2) is 27.8 Å². The molecule has 0 saturated carbocycles. The van der Waals surface area contributed by atoms with Gasteiger partial charge in [-0.25, -0.2) is 0 Å². The Balaban J connectivity index is 1.88. The van der Waals surface area contributed by atoms with E-state index in [0.717, 1.165) is 25.1 Å². The first-order chi connectivity index (χ1) is 7.60. The van der Waals surface area contributed by atoms with E-state index in [0.29, 0.717) is 6.54 Å². The highest BCUT2D eigenvalue weighted by molar-refractivity contribution is 5.86. The van der Waals surface area contributed by atoms with Crippen molar-refractivity contribution in [3.05, 3.63) is 18.0 Å². The van der Waals surface area contributed by atoms with Crippen molar-refractivity contribution in [1.29, 1.82) is 0 Å². The van der Waals surface area contributed by atoms with E-state index < -0.39 is 5.54 Å². The smallest absolute Gasteiger partial charge is 0.240 e. The van der Waals surface area contributed by atoms with Gasteiger partial charge in [-0.3, -0.25) is 9.48 Å². The quantitative estimate of drug-likeness (QED) is 0.767. The van der Waals surface area contributed by atoms with Crippen LogP contribution in [0.1, 0.15) is 25.5 Å². The maximum atomic E-state index is 11.9. The van der Waals surface area contributed by atoms with Gasteiger partial charge in [0.05, 0.1) is 17.8 Å². The summed E-state index contributed by atoms with van der Waals surface area (Å²) >= 11 is 0. The van der Waals surface area contributed by atoms with Crippen molar-refractivity contribution in [2.45, 2.75) is 31.8 Å². The van der Waals surface area contributed by atoms with Crippen molar-refractivity contribution in [2.24, 2.45) is 7.05 Å². The van der Waals surface area contributed by atoms with Crippen LogP contribution in [0.5, 0.6) is 0 Å². The number of aromatic nitrogens is 2. The van der Waals surface area contributed by atoms with Gasteiger partial charge in [0, 0.05) is 13.2 Å². The van der Waals surface area contributed by atoms with Crippen LogP contribution in [0, 0.1) is 0 Å². The van der Waals surface area contributed by atoms with E-state index >= 15 is 0 Å². The molecule has 2 rings (SSSR count). The normalized spacial score (nSPS) is 24.6.